The van der Waals surface area contributed by atoms with Crippen molar-refractivity contribution in [1.29, 1.82) is 0 Å². The maximum absolute atomic E-state index is 6.30. The van der Waals surface area contributed by atoms with E-state index in [4.69, 9.17) is 44.3 Å². The van der Waals surface area contributed by atoms with Gasteiger partial charge in [0.2, 0.25) is 0 Å². The molecule has 2 rings (SSSR count). The van der Waals surface area contributed by atoms with Crippen molar-refractivity contribution in [3.63, 3.8) is 0 Å². The number of nitrogens with zero attached hydrogens (tertiary/aromatic N) is 2. The van der Waals surface area contributed by atoms with Crippen LogP contribution < -0.4 is 9.47 Å². The first-order valence-electron chi connectivity index (χ1n) is 5.29. The van der Waals surface area contributed by atoms with Gasteiger partial charge in [0.25, 0.3) is 0 Å². The molecular formula is C12H8Cl3IN2O2. The van der Waals surface area contributed by atoms with Crippen LogP contribution in [-0.2, 0) is 0 Å². The van der Waals surface area contributed by atoms with Crippen molar-refractivity contribution in [2.45, 2.75) is 0 Å². The fourth-order valence-electron chi connectivity index (χ4n) is 1.58. The lowest BCUT2D eigenvalue weighted by molar-refractivity contribution is 0.355. The molecule has 0 saturated heterocycles. The summed E-state index contributed by atoms with van der Waals surface area (Å²) >= 11 is 20.3. The number of aromatic nitrogens is 2. The fraction of sp³-hybridized carbons (Fsp3) is 0.167. The number of hydrogen-bond acceptors (Lipinski definition) is 4. The SMILES string of the molecule is COc1ccc(-c2nc(Cl)c(I)c(Cl)n2)c(Cl)c1OC. The van der Waals surface area contributed by atoms with Gasteiger partial charge in [-0.1, -0.05) is 34.8 Å². The van der Waals surface area contributed by atoms with Crippen LogP contribution in [0.25, 0.3) is 11.4 Å². The summed E-state index contributed by atoms with van der Waals surface area (Å²) in [6.07, 6.45) is 0. The van der Waals surface area contributed by atoms with Crippen LogP contribution in [0.3, 0.4) is 0 Å². The van der Waals surface area contributed by atoms with Crippen LogP contribution >= 0.6 is 57.4 Å². The Labute approximate surface area is 144 Å². The summed E-state index contributed by atoms with van der Waals surface area (Å²) in [7, 11) is 3.03. The Kier molecular flexibility index (Phi) is 5.17. The van der Waals surface area contributed by atoms with E-state index in [0.717, 1.165) is 0 Å². The lowest BCUT2D eigenvalue weighted by atomic mass is 10.2. The van der Waals surface area contributed by atoms with E-state index in [2.05, 4.69) is 9.97 Å². The average Bonchev–Trinajstić information content (AvgIpc) is 2.43. The van der Waals surface area contributed by atoms with E-state index in [1.165, 1.54) is 14.2 Å². The summed E-state index contributed by atoms with van der Waals surface area (Å²) < 4.78 is 11.0. The van der Waals surface area contributed by atoms with Crippen LogP contribution in [0.15, 0.2) is 12.1 Å². The van der Waals surface area contributed by atoms with Gasteiger partial charge < -0.3 is 9.47 Å². The lowest BCUT2D eigenvalue weighted by Crippen LogP contribution is -1.97. The molecule has 106 valence electrons. The van der Waals surface area contributed by atoms with Gasteiger partial charge in [-0.2, -0.15) is 0 Å². The Morgan fingerprint density at radius 2 is 1.60 bits per heavy atom. The summed E-state index contributed by atoms with van der Waals surface area (Å²) in [5.74, 6) is 1.25. The van der Waals surface area contributed by atoms with Crippen LogP contribution in [0.2, 0.25) is 15.3 Å². The van der Waals surface area contributed by atoms with Crippen molar-refractivity contribution >= 4 is 57.4 Å². The van der Waals surface area contributed by atoms with E-state index in [1.54, 1.807) is 12.1 Å². The molecule has 0 aliphatic heterocycles. The maximum atomic E-state index is 6.30. The molecule has 0 aliphatic carbocycles. The molecule has 0 atom stereocenters. The molecule has 1 heterocycles. The van der Waals surface area contributed by atoms with E-state index in [9.17, 15) is 0 Å². The van der Waals surface area contributed by atoms with E-state index in [1.807, 2.05) is 22.6 Å². The number of benzene rings is 1. The molecule has 0 fully saturated rings. The zero-order valence-electron chi connectivity index (χ0n) is 10.4. The van der Waals surface area contributed by atoms with Gasteiger partial charge in [-0.15, -0.1) is 0 Å². The molecule has 0 unspecified atom stereocenters. The van der Waals surface area contributed by atoms with Crippen LogP contribution in [0.1, 0.15) is 0 Å². The molecule has 0 aliphatic rings. The second-order valence-electron chi connectivity index (χ2n) is 3.61. The monoisotopic (exact) mass is 444 g/mol. The Hall–Kier alpha value is -0.500. The number of ether oxygens (including phenoxy) is 2. The minimum atomic E-state index is 0.270. The number of methoxy groups -OCH3 is 2. The predicted molar refractivity (Wildman–Crippen MR) is 88.3 cm³/mol. The zero-order chi connectivity index (χ0) is 14.9. The third-order valence-electron chi connectivity index (χ3n) is 2.50. The quantitative estimate of drug-likeness (QED) is 0.506. The highest BCUT2D eigenvalue weighted by atomic mass is 127. The predicted octanol–water partition coefficient (Wildman–Crippen LogP) is 4.73. The van der Waals surface area contributed by atoms with Crippen molar-refractivity contribution in [2.75, 3.05) is 14.2 Å². The van der Waals surface area contributed by atoms with Crippen molar-refractivity contribution in [3.05, 3.63) is 31.0 Å². The smallest absolute Gasteiger partial charge is 0.180 e. The summed E-state index contributed by atoms with van der Waals surface area (Å²) in [4.78, 5) is 8.35. The van der Waals surface area contributed by atoms with Gasteiger partial charge in [0.1, 0.15) is 10.3 Å². The van der Waals surface area contributed by atoms with Gasteiger partial charge in [0, 0.05) is 5.56 Å². The summed E-state index contributed by atoms with van der Waals surface area (Å²) in [6.45, 7) is 0. The molecule has 0 spiro atoms. The maximum Gasteiger partial charge on any atom is 0.180 e. The highest BCUT2D eigenvalue weighted by Gasteiger charge is 2.18. The summed E-state index contributed by atoms with van der Waals surface area (Å²) in [5.41, 5.74) is 0.560. The third kappa shape index (κ3) is 2.90. The standard InChI is InChI=1S/C12H8Cl3IN2O2/c1-19-6-4-3-5(7(13)9(6)20-2)12-17-10(14)8(16)11(15)18-12/h3-4H,1-2H3. The molecule has 20 heavy (non-hydrogen) atoms. The molecule has 0 amide bonds. The molecular weight excluding hydrogens is 437 g/mol. The molecule has 1 aromatic carbocycles. The average molecular weight is 445 g/mol. The molecule has 0 N–H and O–H groups in total. The molecule has 0 saturated carbocycles. The molecule has 0 bridgehead atoms. The summed E-state index contributed by atoms with van der Waals surface area (Å²) in [5, 5.41) is 0.873. The van der Waals surface area contributed by atoms with Crippen molar-refractivity contribution in [3.8, 4) is 22.9 Å². The Morgan fingerprint density at radius 1 is 1.00 bits per heavy atom. The first-order chi connectivity index (χ1) is 9.49. The second kappa shape index (κ2) is 6.51. The number of rotatable bonds is 3. The van der Waals surface area contributed by atoms with E-state index in [0.29, 0.717) is 31.5 Å². The number of hydrogen-bond donors (Lipinski definition) is 0. The lowest BCUT2D eigenvalue weighted by Gasteiger charge is -2.12. The van der Waals surface area contributed by atoms with Crippen molar-refractivity contribution < 1.29 is 9.47 Å². The second-order valence-corrected chi connectivity index (χ2v) is 5.78. The fourth-order valence-corrected chi connectivity index (χ4v) is 2.52. The van der Waals surface area contributed by atoms with Gasteiger partial charge in [0.05, 0.1) is 22.8 Å². The molecule has 0 radical (unpaired) electrons. The van der Waals surface area contributed by atoms with Crippen molar-refractivity contribution in [2.24, 2.45) is 0 Å². The van der Waals surface area contributed by atoms with Crippen LogP contribution in [0.4, 0.5) is 0 Å². The largest absolute Gasteiger partial charge is 0.493 e. The normalized spacial score (nSPS) is 10.5. The van der Waals surface area contributed by atoms with E-state index < -0.39 is 0 Å². The van der Waals surface area contributed by atoms with Gasteiger partial charge in [-0.25, -0.2) is 9.97 Å². The molecule has 8 heteroatoms. The Morgan fingerprint density at radius 3 is 2.10 bits per heavy atom. The Balaban J connectivity index is 2.65. The highest BCUT2D eigenvalue weighted by molar-refractivity contribution is 14.1. The molecule has 2 aromatic rings. The van der Waals surface area contributed by atoms with Crippen LogP contribution in [0, 0.1) is 3.57 Å². The summed E-state index contributed by atoms with van der Waals surface area (Å²) in [6, 6.07) is 3.43. The van der Waals surface area contributed by atoms with E-state index in [-0.39, 0.29) is 10.3 Å². The van der Waals surface area contributed by atoms with Crippen LogP contribution in [0.5, 0.6) is 11.5 Å². The zero-order valence-corrected chi connectivity index (χ0v) is 14.8. The number of halogens is 4. The first-order valence-corrected chi connectivity index (χ1v) is 7.50. The topological polar surface area (TPSA) is 44.2 Å². The van der Waals surface area contributed by atoms with Crippen LogP contribution in [-0.4, -0.2) is 24.2 Å². The van der Waals surface area contributed by atoms with Gasteiger partial charge in [0.15, 0.2) is 17.3 Å². The van der Waals surface area contributed by atoms with Gasteiger partial charge >= 0.3 is 0 Å². The molecule has 1 aromatic heterocycles. The minimum Gasteiger partial charge on any atom is -0.493 e. The first kappa shape index (κ1) is 15.9. The van der Waals surface area contributed by atoms with E-state index >= 15 is 0 Å². The van der Waals surface area contributed by atoms with Crippen molar-refractivity contribution in [1.82, 2.24) is 9.97 Å². The third-order valence-corrected chi connectivity index (χ3v) is 5.08. The minimum absolute atomic E-state index is 0.270. The Bertz CT molecular complexity index is 644. The van der Waals surface area contributed by atoms with Gasteiger partial charge in [-0.05, 0) is 34.7 Å². The molecule has 4 nitrogen and oxygen atoms in total. The van der Waals surface area contributed by atoms with Gasteiger partial charge in [-0.3, -0.25) is 0 Å². The highest BCUT2D eigenvalue weighted by Crippen LogP contribution is 2.41.